The van der Waals surface area contributed by atoms with Crippen LogP contribution >= 0.6 is 0 Å². The number of methoxy groups -OCH3 is 1. The van der Waals surface area contributed by atoms with Gasteiger partial charge in [0.2, 0.25) is 5.82 Å². The van der Waals surface area contributed by atoms with Gasteiger partial charge in [0.15, 0.2) is 11.0 Å². The third kappa shape index (κ3) is 6.83. The fourth-order valence-electron chi connectivity index (χ4n) is 5.81. The number of hydrogen-bond acceptors (Lipinski definition) is 8. The van der Waals surface area contributed by atoms with Gasteiger partial charge in [0, 0.05) is 48.1 Å². The molecule has 4 N–H and O–H groups in total. The van der Waals surface area contributed by atoms with Crippen LogP contribution in [0.25, 0.3) is 11.0 Å². The Morgan fingerprint density at radius 1 is 1.18 bits per heavy atom. The minimum absolute atomic E-state index is 0.0949. The van der Waals surface area contributed by atoms with Gasteiger partial charge >= 0.3 is 5.95 Å². The minimum atomic E-state index is 0.0949. The number of fused-ring (bicyclic) bond motifs is 1. The van der Waals surface area contributed by atoms with Crippen LogP contribution < -0.4 is 20.4 Å². The number of piperidine rings is 1. The Kier molecular flexibility index (Phi) is 10.6. The summed E-state index contributed by atoms with van der Waals surface area (Å²) in [6, 6.07) is 2.80. The zero-order valence-electron chi connectivity index (χ0n) is 25.1. The number of aliphatic hydroxyl groups is 1. The number of aliphatic hydroxyl groups excluding tert-OH is 1. The van der Waals surface area contributed by atoms with E-state index >= 15 is 0 Å². The number of unbranched alkanes of at least 4 members (excludes halogenated alkanes) is 1. The number of anilines is 2. The average molecular weight is 554 g/mol. The zero-order chi connectivity index (χ0) is 28.6. The van der Waals surface area contributed by atoms with E-state index in [0.717, 1.165) is 86.2 Å². The molecule has 3 aromatic heterocycles. The molecule has 1 aliphatic heterocycles. The fraction of sp³-hybridized carbons (Fsp3) is 0.667. The Balaban J connectivity index is 1.67. The van der Waals surface area contributed by atoms with Crippen molar-refractivity contribution in [3.63, 3.8) is 0 Å². The molecule has 0 amide bonds. The number of nitrogens with one attached hydrogen (secondary N) is 1. The van der Waals surface area contributed by atoms with Crippen LogP contribution in [0.3, 0.4) is 0 Å². The third-order valence-corrected chi connectivity index (χ3v) is 8.21. The van der Waals surface area contributed by atoms with Crippen LogP contribution in [0.2, 0.25) is 0 Å². The minimum Gasteiger partial charge on any atom is -0.496 e. The number of likely N-dealkylation sites (tertiary alicyclic amines) is 1. The van der Waals surface area contributed by atoms with Gasteiger partial charge in [-0.1, -0.05) is 31.7 Å². The van der Waals surface area contributed by atoms with Crippen molar-refractivity contribution in [2.45, 2.75) is 104 Å². The van der Waals surface area contributed by atoms with Crippen molar-refractivity contribution in [2.24, 2.45) is 0 Å². The Morgan fingerprint density at radius 3 is 2.60 bits per heavy atom. The summed E-state index contributed by atoms with van der Waals surface area (Å²) >= 11 is 0. The largest absolute Gasteiger partial charge is 0.496 e. The van der Waals surface area contributed by atoms with Gasteiger partial charge in [0.1, 0.15) is 5.75 Å². The molecular formula is C30H49N8O2+. The summed E-state index contributed by atoms with van der Waals surface area (Å²) in [6.45, 7) is 12.4. The maximum atomic E-state index is 9.64. The lowest BCUT2D eigenvalue weighted by Gasteiger charge is -2.34. The third-order valence-electron chi connectivity index (χ3n) is 8.21. The van der Waals surface area contributed by atoms with Gasteiger partial charge in [-0.3, -0.25) is 15.4 Å². The van der Waals surface area contributed by atoms with E-state index in [-0.39, 0.29) is 12.6 Å². The second-order valence-electron chi connectivity index (χ2n) is 11.3. The topological polar surface area (TPSA) is 118 Å². The summed E-state index contributed by atoms with van der Waals surface area (Å²) in [7, 11) is 1.73. The first-order valence-electron chi connectivity index (χ1n) is 15.1. The molecule has 1 fully saturated rings. The molecule has 10 heteroatoms. The number of nitrogens with zero attached hydrogens (tertiary/aromatic N) is 6. The number of hydrogen-bond donors (Lipinski definition) is 3. The number of nitrogens with two attached hydrogens (primary N) is 1. The molecule has 40 heavy (non-hydrogen) atoms. The Hall–Kier alpha value is -2.98. The second kappa shape index (κ2) is 14.1. The Labute approximate surface area is 238 Å². The number of aromatic nitrogens is 5. The zero-order valence-corrected chi connectivity index (χ0v) is 25.1. The van der Waals surface area contributed by atoms with Gasteiger partial charge in [-0.05, 0) is 59.0 Å². The van der Waals surface area contributed by atoms with Crippen LogP contribution in [-0.2, 0) is 13.1 Å². The van der Waals surface area contributed by atoms with Gasteiger partial charge < -0.3 is 20.1 Å². The highest BCUT2D eigenvalue weighted by atomic mass is 16.5. The van der Waals surface area contributed by atoms with Crippen molar-refractivity contribution in [3.8, 4) is 5.75 Å². The SMILES string of the molecule is CCCC[n+]1c(N)nc(NC(CCC)CCO)c2c1cnn2Cc1cnc(C2CCN(C(C)C)CC2)cc1OC. The van der Waals surface area contributed by atoms with E-state index in [0.29, 0.717) is 36.7 Å². The molecule has 220 valence electrons. The van der Waals surface area contributed by atoms with Crippen LogP contribution in [0.15, 0.2) is 18.5 Å². The summed E-state index contributed by atoms with van der Waals surface area (Å²) in [5.41, 5.74) is 10.4. The number of rotatable bonds is 14. The summed E-state index contributed by atoms with van der Waals surface area (Å²) in [5, 5.41) is 18.0. The molecule has 0 spiro atoms. The molecule has 10 nitrogen and oxygen atoms in total. The van der Waals surface area contributed by atoms with Gasteiger partial charge in [-0.25, -0.2) is 4.57 Å². The highest BCUT2D eigenvalue weighted by molar-refractivity contribution is 5.84. The van der Waals surface area contributed by atoms with E-state index in [9.17, 15) is 5.11 Å². The first kappa shape index (κ1) is 30.0. The predicted molar refractivity (Wildman–Crippen MR) is 160 cm³/mol. The molecule has 0 bridgehead atoms. The number of aryl methyl sites for hydroxylation is 1. The molecule has 0 aliphatic carbocycles. The van der Waals surface area contributed by atoms with E-state index in [1.54, 1.807) is 7.11 Å². The normalized spacial score (nSPS) is 15.7. The molecule has 1 aliphatic rings. The molecule has 4 rings (SSSR count). The molecule has 1 saturated heterocycles. The van der Waals surface area contributed by atoms with Crippen LogP contribution in [-0.4, -0.2) is 68.6 Å². The van der Waals surface area contributed by atoms with E-state index in [1.807, 2.05) is 17.1 Å². The van der Waals surface area contributed by atoms with Crippen molar-refractivity contribution in [1.82, 2.24) is 24.6 Å². The van der Waals surface area contributed by atoms with Crippen molar-refractivity contribution >= 4 is 22.8 Å². The van der Waals surface area contributed by atoms with E-state index < -0.39 is 0 Å². The maximum absolute atomic E-state index is 9.64. The average Bonchev–Trinajstić information content (AvgIpc) is 3.37. The lowest BCUT2D eigenvalue weighted by atomic mass is 9.92. The molecule has 0 aromatic carbocycles. The summed E-state index contributed by atoms with van der Waals surface area (Å²) in [5.74, 6) is 2.45. The lowest BCUT2D eigenvalue weighted by Crippen LogP contribution is -2.39. The monoisotopic (exact) mass is 553 g/mol. The van der Waals surface area contributed by atoms with Crippen molar-refractivity contribution < 1.29 is 14.4 Å². The highest BCUT2D eigenvalue weighted by Crippen LogP contribution is 2.32. The molecule has 1 unspecified atom stereocenters. The molecule has 0 radical (unpaired) electrons. The number of nitrogen functional groups attached to an aromatic ring is 1. The lowest BCUT2D eigenvalue weighted by molar-refractivity contribution is -0.659. The standard InChI is InChI=1S/C30H48N8O2/c1-6-8-13-37-26-19-33-38(28(26)29(35-30(37)31)34-24(9-7-2)12-16-39)20-23-18-32-25(17-27(23)40-5)22-10-14-36(15-11-22)21(3)4/h17-19,21-22,24,39H,6-16,20H2,1-5H3,(H2,31,34,35)/p+1. The molecule has 4 heterocycles. The van der Waals surface area contributed by atoms with Crippen LogP contribution in [0.5, 0.6) is 5.75 Å². The molecular weight excluding hydrogens is 504 g/mol. The van der Waals surface area contributed by atoms with Crippen LogP contribution in [0.1, 0.15) is 89.8 Å². The second-order valence-corrected chi connectivity index (χ2v) is 11.3. The van der Waals surface area contributed by atoms with Crippen molar-refractivity contribution in [3.05, 3.63) is 29.7 Å². The smallest absolute Gasteiger partial charge is 0.392 e. The van der Waals surface area contributed by atoms with E-state index in [2.05, 4.69) is 48.5 Å². The van der Waals surface area contributed by atoms with Crippen molar-refractivity contribution in [1.29, 1.82) is 0 Å². The summed E-state index contributed by atoms with van der Waals surface area (Å²) < 4.78 is 9.90. The quantitative estimate of drug-likeness (QED) is 0.255. The van der Waals surface area contributed by atoms with Crippen LogP contribution in [0.4, 0.5) is 11.8 Å². The van der Waals surface area contributed by atoms with E-state index in [4.69, 9.17) is 25.5 Å². The van der Waals surface area contributed by atoms with E-state index in [1.165, 1.54) is 0 Å². The van der Waals surface area contributed by atoms with Crippen LogP contribution in [0, 0.1) is 0 Å². The predicted octanol–water partition coefficient (Wildman–Crippen LogP) is 4.10. The number of ether oxygens (including phenoxy) is 1. The first-order valence-corrected chi connectivity index (χ1v) is 15.1. The summed E-state index contributed by atoms with van der Waals surface area (Å²) in [6.07, 6.45) is 10.7. The fourth-order valence-corrected chi connectivity index (χ4v) is 5.81. The first-order chi connectivity index (χ1) is 19.4. The Morgan fingerprint density at radius 2 is 1.95 bits per heavy atom. The van der Waals surface area contributed by atoms with Gasteiger partial charge in [0.25, 0.3) is 0 Å². The van der Waals surface area contributed by atoms with Gasteiger partial charge in [0.05, 0.1) is 26.4 Å². The molecule has 3 aromatic rings. The van der Waals surface area contributed by atoms with Crippen molar-refractivity contribution in [2.75, 3.05) is 37.9 Å². The van der Waals surface area contributed by atoms with Gasteiger partial charge in [-0.15, -0.1) is 0 Å². The summed E-state index contributed by atoms with van der Waals surface area (Å²) in [4.78, 5) is 12.3. The molecule has 1 atom stereocenters. The Bertz CT molecular complexity index is 1230. The molecule has 0 saturated carbocycles. The van der Waals surface area contributed by atoms with Gasteiger partial charge in [-0.2, -0.15) is 5.10 Å². The number of pyridine rings is 1. The highest BCUT2D eigenvalue weighted by Gasteiger charge is 2.26. The maximum Gasteiger partial charge on any atom is 0.392 e.